The lowest BCUT2D eigenvalue weighted by Gasteiger charge is -2.05. The zero-order valence-corrected chi connectivity index (χ0v) is 8.70. The van der Waals surface area contributed by atoms with E-state index in [2.05, 4.69) is 9.71 Å². The Kier molecular flexibility index (Phi) is 3.35. The molecule has 0 radical (unpaired) electrons. The predicted molar refractivity (Wildman–Crippen MR) is 52.5 cm³/mol. The molecule has 0 unspecified atom stereocenters. The number of aromatic nitrogens is 1. The van der Waals surface area contributed by atoms with Crippen LogP contribution < -0.4 is 4.72 Å². The first-order chi connectivity index (χ1) is 6.05. The summed E-state index contributed by atoms with van der Waals surface area (Å²) >= 11 is 10.9. The summed E-state index contributed by atoms with van der Waals surface area (Å²) in [6, 6.07) is 1.48. The van der Waals surface area contributed by atoms with Gasteiger partial charge in [-0.2, -0.15) is 0 Å². The van der Waals surface area contributed by atoms with Crippen molar-refractivity contribution in [1.82, 2.24) is 4.98 Å². The highest BCUT2D eigenvalue weighted by atomic mass is 35.5. The Hall–Kier alpha value is -0.520. The molecule has 7 heteroatoms. The average Bonchev–Trinajstić information content (AvgIpc) is 2.09. The number of halogens is 2. The summed E-state index contributed by atoms with van der Waals surface area (Å²) in [6.45, 7) is 0. The van der Waals surface area contributed by atoms with Crippen molar-refractivity contribution in [3.05, 3.63) is 23.5 Å². The van der Waals surface area contributed by atoms with Gasteiger partial charge < -0.3 is 0 Å². The van der Waals surface area contributed by atoms with Crippen LogP contribution in [0.3, 0.4) is 0 Å². The van der Waals surface area contributed by atoms with Gasteiger partial charge in [0.2, 0.25) is 10.0 Å². The van der Waals surface area contributed by atoms with Gasteiger partial charge >= 0.3 is 0 Å². The van der Waals surface area contributed by atoms with Gasteiger partial charge in [0.15, 0.2) is 0 Å². The third kappa shape index (κ3) is 3.02. The number of nitrogens with zero attached hydrogens (tertiary/aromatic N) is 1. The van der Waals surface area contributed by atoms with Gasteiger partial charge in [-0.3, -0.25) is 9.71 Å². The molecule has 13 heavy (non-hydrogen) atoms. The van der Waals surface area contributed by atoms with Gasteiger partial charge in [0, 0.05) is 6.20 Å². The van der Waals surface area contributed by atoms with Crippen molar-refractivity contribution in [2.24, 2.45) is 0 Å². The molecular formula is C6H6Cl2N2O2S. The molecule has 0 aliphatic heterocycles. The summed E-state index contributed by atoms with van der Waals surface area (Å²) in [5, 5.41) is -0.234. The van der Waals surface area contributed by atoms with Crippen LogP contribution in [0.15, 0.2) is 18.5 Å². The van der Waals surface area contributed by atoms with E-state index in [4.69, 9.17) is 23.2 Å². The van der Waals surface area contributed by atoms with Gasteiger partial charge in [0.25, 0.3) is 0 Å². The van der Waals surface area contributed by atoms with Crippen LogP contribution in [0.2, 0.25) is 5.02 Å². The number of rotatable bonds is 3. The van der Waals surface area contributed by atoms with E-state index >= 15 is 0 Å². The molecule has 1 aromatic heterocycles. The molecule has 0 aromatic carbocycles. The summed E-state index contributed by atoms with van der Waals surface area (Å²) in [7, 11) is -3.50. The third-order valence-electron chi connectivity index (χ3n) is 1.18. The first-order valence-corrected chi connectivity index (χ1v) is 5.77. The Morgan fingerprint density at radius 2 is 2.23 bits per heavy atom. The van der Waals surface area contributed by atoms with E-state index < -0.39 is 15.2 Å². The van der Waals surface area contributed by atoms with Crippen LogP contribution in [-0.4, -0.2) is 18.6 Å². The van der Waals surface area contributed by atoms with Crippen molar-refractivity contribution >= 4 is 38.9 Å². The monoisotopic (exact) mass is 240 g/mol. The molecule has 0 fully saturated rings. The predicted octanol–water partition coefficient (Wildman–Crippen LogP) is 1.67. The van der Waals surface area contributed by atoms with Gasteiger partial charge in [0.1, 0.15) is 5.21 Å². The molecule has 0 saturated heterocycles. The maximum Gasteiger partial charge on any atom is 0.246 e. The van der Waals surface area contributed by atoms with Crippen LogP contribution in [0, 0.1) is 0 Å². The first kappa shape index (κ1) is 10.6. The molecule has 0 atom stereocenters. The fraction of sp³-hybridized carbons (Fsp3) is 0.167. The molecule has 0 spiro atoms. The Morgan fingerprint density at radius 3 is 2.77 bits per heavy atom. The van der Waals surface area contributed by atoms with Crippen LogP contribution in [0.4, 0.5) is 5.69 Å². The molecular weight excluding hydrogens is 235 g/mol. The van der Waals surface area contributed by atoms with Crippen molar-refractivity contribution in [3.8, 4) is 0 Å². The molecule has 1 N–H and O–H groups in total. The average molecular weight is 241 g/mol. The molecule has 0 bridgehead atoms. The second-order valence-corrected chi connectivity index (χ2v) is 4.90. The van der Waals surface area contributed by atoms with Gasteiger partial charge in [0.05, 0.1) is 16.9 Å². The topological polar surface area (TPSA) is 59.1 Å². The number of hydrogen-bond acceptors (Lipinski definition) is 3. The normalized spacial score (nSPS) is 11.2. The van der Waals surface area contributed by atoms with Crippen LogP contribution in [-0.2, 0) is 10.0 Å². The number of nitrogens with one attached hydrogen (secondary N) is 1. The lowest BCUT2D eigenvalue weighted by atomic mass is 10.4. The number of alkyl halides is 1. The van der Waals surface area contributed by atoms with Crippen molar-refractivity contribution < 1.29 is 8.42 Å². The fourth-order valence-corrected chi connectivity index (χ4v) is 1.57. The van der Waals surface area contributed by atoms with Crippen LogP contribution in [0.25, 0.3) is 0 Å². The van der Waals surface area contributed by atoms with E-state index in [0.717, 1.165) is 0 Å². The number of hydrogen-bond donors (Lipinski definition) is 1. The summed E-state index contributed by atoms with van der Waals surface area (Å²) in [4.78, 5) is 3.71. The second kappa shape index (κ2) is 4.13. The van der Waals surface area contributed by atoms with Crippen molar-refractivity contribution in [3.63, 3.8) is 0 Å². The number of anilines is 1. The molecule has 4 nitrogen and oxygen atoms in total. The van der Waals surface area contributed by atoms with E-state index in [1.165, 1.54) is 18.5 Å². The van der Waals surface area contributed by atoms with E-state index in [9.17, 15) is 8.42 Å². The fourth-order valence-electron chi connectivity index (χ4n) is 0.647. The molecule has 1 rings (SSSR count). The van der Waals surface area contributed by atoms with Crippen molar-refractivity contribution in [1.29, 1.82) is 0 Å². The highest BCUT2D eigenvalue weighted by molar-refractivity contribution is 7.93. The van der Waals surface area contributed by atoms with Gasteiger partial charge in [-0.25, -0.2) is 8.42 Å². The largest absolute Gasteiger partial charge is 0.279 e. The van der Waals surface area contributed by atoms with Gasteiger partial charge in [-0.05, 0) is 6.07 Å². The standard InChI is InChI=1S/C6H6Cl2N2O2S/c7-4-13(11,12)10-6-3-9-2-1-5(6)8/h1-3,10H,4H2. The van der Waals surface area contributed by atoms with Crippen LogP contribution >= 0.6 is 23.2 Å². The quantitative estimate of drug-likeness (QED) is 0.819. The first-order valence-electron chi connectivity index (χ1n) is 3.21. The van der Waals surface area contributed by atoms with E-state index in [1.54, 1.807) is 0 Å². The Bertz CT molecular complexity index is 393. The van der Waals surface area contributed by atoms with Crippen molar-refractivity contribution in [2.75, 3.05) is 9.93 Å². The minimum atomic E-state index is -3.50. The van der Waals surface area contributed by atoms with Crippen LogP contribution in [0.1, 0.15) is 0 Å². The maximum absolute atomic E-state index is 11.0. The molecule has 0 aliphatic carbocycles. The van der Waals surface area contributed by atoms with Gasteiger partial charge in [-0.1, -0.05) is 11.6 Å². The summed E-state index contributed by atoms with van der Waals surface area (Å²) < 4.78 is 24.2. The second-order valence-electron chi connectivity index (χ2n) is 2.18. The zero-order valence-electron chi connectivity index (χ0n) is 6.37. The zero-order chi connectivity index (χ0) is 9.90. The molecule has 1 heterocycles. The minimum absolute atomic E-state index is 0.227. The molecule has 72 valence electrons. The Labute approximate surface area is 85.9 Å². The Morgan fingerprint density at radius 1 is 1.54 bits per heavy atom. The Balaban J connectivity index is 2.93. The minimum Gasteiger partial charge on any atom is -0.279 e. The van der Waals surface area contributed by atoms with E-state index in [1.807, 2.05) is 0 Å². The van der Waals surface area contributed by atoms with E-state index in [0.29, 0.717) is 0 Å². The van der Waals surface area contributed by atoms with E-state index in [-0.39, 0.29) is 10.7 Å². The third-order valence-corrected chi connectivity index (χ3v) is 3.19. The number of sulfonamides is 1. The SMILES string of the molecule is O=S(=O)(CCl)Nc1cnccc1Cl. The highest BCUT2D eigenvalue weighted by Crippen LogP contribution is 2.20. The number of pyridine rings is 1. The summed E-state index contributed by atoms with van der Waals surface area (Å²) in [5.74, 6) is 0. The lowest BCUT2D eigenvalue weighted by molar-refractivity contribution is 0.605. The van der Waals surface area contributed by atoms with Crippen LogP contribution in [0.5, 0.6) is 0 Å². The molecule has 0 amide bonds. The molecule has 0 aliphatic rings. The molecule has 1 aromatic rings. The summed E-state index contributed by atoms with van der Waals surface area (Å²) in [5.41, 5.74) is 0.227. The highest BCUT2D eigenvalue weighted by Gasteiger charge is 2.09. The van der Waals surface area contributed by atoms with Crippen molar-refractivity contribution in [2.45, 2.75) is 0 Å². The summed E-state index contributed by atoms with van der Waals surface area (Å²) in [6.07, 6.45) is 2.77. The molecule has 0 saturated carbocycles. The lowest BCUT2D eigenvalue weighted by Crippen LogP contribution is -2.13. The smallest absolute Gasteiger partial charge is 0.246 e. The maximum atomic E-state index is 11.0. The van der Waals surface area contributed by atoms with Gasteiger partial charge in [-0.15, -0.1) is 11.6 Å².